The fraction of sp³-hybridized carbons (Fsp3) is 0.571. The summed E-state index contributed by atoms with van der Waals surface area (Å²) in [5.41, 5.74) is 2.53. The van der Waals surface area contributed by atoms with Crippen LogP contribution in [0.5, 0.6) is 0 Å². The van der Waals surface area contributed by atoms with Crippen molar-refractivity contribution < 1.29 is 0 Å². The summed E-state index contributed by atoms with van der Waals surface area (Å²) in [7, 11) is 0. The van der Waals surface area contributed by atoms with Gasteiger partial charge >= 0.3 is 0 Å². The number of unbranched alkanes of at least 4 members (excludes halogenated alkanes) is 2. The van der Waals surface area contributed by atoms with Crippen LogP contribution in [-0.4, -0.2) is 6.54 Å². The minimum Gasteiger partial charge on any atom is -0.311 e. The lowest BCUT2D eigenvalue weighted by molar-refractivity contribution is 0.738. The average Bonchev–Trinajstić information content (AvgIpc) is 2.34. The number of rotatable bonds is 7. The number of nitrogens with zero attached hydrogens (tertiary/aromatic N) is 1. The van der Waals surface area contributed by atoms with E-state index < -0.39 is 0 Å². The molecule has 90 valence electrons. The molecular weight excluding hydrogens is 196 g/mol. The molecule has 2 nitrogen and oxygen atoms in total. The van der Waals surface area contributed by atoms with E-state index in [1.54, 1.807) is 0 Å². The lowest BCUT2D eigenvalue weighted by Gasteiger charge is -2.18. The second kappa shape index (κ2) is 7.29. The van der Waals surface area contributed by atoms with Gasteiger partial charge in [-0.05, 0) is 37.0 Å². The predicted molar refractivity (Wildman–Crippen MR) is 71.5 cm³/mol. The molecule has 0 aliphatic rings. The lowest BCUT2D eigenvalue weighted by atomic mass is 10.1. The first-order valence-electron chi connectivity index (χ1n) is 6.39. The number of hydrazine groups is 1. The third-order valence-corrected chi connectivity index (χ3v) is 2.84. The molecule has 0 radical (unpaired) electrons. The highest BCUT2D eigenvalue weighted by Gasteiger charge is 2.00. The predicted octanol–water partition coefficient (Wildman–Crippen LogP) is 3.51. The molecule has 0 saturated carbocycles. The molecule has 0 aliphatic carbocycles. The van der Waals surface area contributed by atoms with Gasteiger partial charge in [0.1, 0.15) is 0 Å². The third-order valence-electron chi connectivity index (χ3n) is 2.84. The van der Waals surface area contributed by atoms with Crippen LogP contribution in [0.15, 0.2) is 24.3 Å². The molecule has 0 amide bonds. The number of nitrogens with two attached hydrogens (primary N) is 1. The molecule has 0 bridgehead atoms. The molecule has 0 aliphatic heterocycles. The Labute approximate surface area is 99.4 Å². The van der Waals surface area contributed by atoms with E-state index in [-0.39, 0.29) is 0 Å². The van der Waals surface area contributed by atoms with Crippen LogP contribution in [0.2, 0.25) is 0 Å². The van der Waals surface area contributed by atoms with Crippen LogP contribution in [0.3, 0.4) is 0 Å². The Morgan fingerprint density at radius 2 is 1.62 bits per heavy atom. The van der Waals surface area contributed by atoms with Crippen LogP contribution in [0.25, 0.3) is 0 Å². The minimum absolute atomic E-state index is 0.935. The van der Waals surface area contributed by atoms with Gasteiger partial charge in [-0.3, -0.25) is 0 Å². The third kappa shape index (κ3) is 4.23. The van der Waals surface area contributed by atoms with Crippen molar-refractivity contribution in [1.29, 1.82) is 0 Å². The normalized spacial score (nSPS) is 10.4. The number of benzene rings is 1. The first-order chi connectivity index (χ1) is 7.77. The molecule has 2 N–H and O–H groups in total. The zero-order chi connectivity index (χ0) is 11.8. The van der Waals surface area contributed by atoms with E-state index in [2.05, 4.69) is 38.1 Å². The van der Waals surface area contributed by atoms with Crippen molar-refractivity contribution in [2.45, 2.75) is 46.0 Å². The van der Waals surface area contributed by atoms with Gasteiger partial charge in [0.25, 0.3) is 0 Å². The largest absolute Gasteiger partial charge is 0.311 e. The van der Waals surface area contributed by atoms with Gasteiger partial charge in [0.2, 0.25) is 0 Å². The van der Waals surface area contributed by atoms with Crippen molar-refractivity contribution in [1.82, 2.24) is 0 Å². The highest BCUT2D eigenvalue weighted by atomic mass is 15.4. The second-order valence-electron chi connectivity index (χ2n) is 4.32. The van der Waals surface area contributed by atoms with Crippen LogP contribution >= 0.6 is 0 Å². The molecule has 0 unspecified atom stereocenters. The van der Waals surface area contributed by atoms with Gasteiger partial charge in [-0.1, -0.05) is 38.8 Å². The van der Waals surface area contributed by atoms with Crippen LogP contribution in [0, 0.1) is 0 Å². The van der Waals surface area contributed by atoms with Gasteiger partial charge in [0, 0.05) is 6.54 Å². The molecule has 0 atom stereocenters. The summed E-state index contributed by atoms with van der Waals surface area (Å²) < 4.78 is 0. The van der Waals surface area contributed by atoms with E-state index in [9.17, 15) is 0 Å². The van der Waals surface area contributed by atoms with Crippen LogP contribution in [0.4, 0.5) is 5.69 Å². The quantitative estimate of drug-likeness (QED) is 0.563. The highest BCUT2D eigenvalue weighted by molar-refractivity contribution is 5.46. The maximum Gasteiger partial charge on any atom is 0.0517 e. The molecule has 1 aromatic rings. The van der Waals surface area contributed by atoms with Gasteiger partial charge < -0.3 is 5.01 Å². The summed E-state index contributed by atoms with van der Waals surface area (Å²) in [6, 6.07) is 8.63. The van der Waals surface area contributed by atoms with E-state index in [4.69, 9.17) is 5.84 Å². The van der Waals surface area contributed by atoms with Crippen molar-refractivity contribution in [2.24, 2.45) is 5.84 Å². The SMILES string of the molecule is CCCCc1ccc(N(N)CCCC)cc1. The fourth-order valence-electron chi connectivity index (χ4n) is 1.69. The number of anilines is 1. The van der Waals surface area contributed by atoms with Crippen molar-refractivity contribution >= 4 is 5.69 Å². The maximum atomic E-state index is 5.96. The molecule has 0 heterocycles. The Morgan fingerprint density at radius 1 is 1.00 bits per heavy atom. The number of hydrogen-bond donors (Lipinski definition) is 1. The summed E-state index contributed by atoms with van der Waals surface area (Å²) in [5.74, 6) is 5.96. The fourth-order valence-corrected chi connectivity index (χ4v) is 1.69. The molecule has 2 heteroatoms. The molecule has 0 saturated heterocycles. The second-order valence-corrected chi connectivity index (χ2v) is 4.32. The van der Waals surface area contributed by atoms with Crippen molar-refractivity contribution in [3.63, 3.8) is 0 Å². The van der Waals surface area contributed by atoms with E-state index >= 15 is 0 Å². The molecule has 1 rings (SSSR count). The summed E-state index contributed by atoms with van der Waals surface area (Å²) in [6.45, 7) is 5.34. The van der Waals surface area contributed by atoms with Crippen molar-refractivity contribution in [2.75, 3.05) is 11.6 Å². The van der Waals surface area contributed by atoms with Crippen LogP contribution in [0.1, 0.15) is 45.1 Å². The smallest absolute Gasteiger partial charge is 0.0517 e. The molecular formula is C14H24N2. The molecule has 0 aromatic heterocycles. The van der Waals surface area contributed by atoms with E-state index in [1.165, 1.54) is 31.2 Å². The first kappa shape index (κ1) is 13.0. The van der Waals surface area contributed by atoms with Gasteiger partial charge in [-0.25, -0.2) is 5.84 Å². The Kier molecular flexibility index (Phi) is 5.94. The van der Waals surface area contributed by atoms with Gasteiger partial charge in [-0.15, -0.1) is 0 Å². The number of hydrogen-bond acceptors (Lipinski definition) is 2. The molecule has 16 heavy (non-hydrogen) atoms. The lowest BCUT2D eigenvalue weighted by Crippen LogP contribution is -2.31. The Balaban J connectivity index is 2.49. The van der Waals surface area contributed by atoms with E-state index in [1.807, 2.05) is 5.01 Å². The van der Waals surface area contributed by atoms with Crippen LogP contribution in [-0.2, 0) is 6.42 Å². The van der Waals surface area contributed by atoms with Crippen LogP contribution < -0.4 is 10.9 Å². The zero-order valence-electron chi connectivity index (χ0n) is 10.6. The highest BCUT2D eigenvalue weighted by Crippen LogP contribution is 2.14. The Morgan fingerprint density at radius 3 is 2.19 bits per heavy atom. The van der Waals surface area contributed by atoms with E-state index in [0.717, 1.165) is 18.7 Å². The first-order valence-corrected chi connectivity index (χ1v) is 6.39. The van der Waals surface area contributed by atoms with Crippen molar-refractivity contribution in [3.8, 4) is 0 Å². The summed E-state index contributed by atoms with van der Waals surface area (Å²) in [4.78, 5) is 0. The number of aryl methyl sites for hydroxylation is 1. The average molecular weight is 220 g/mol. The molecule has 0 spiro atoms. The summed E-state index contributed by atoms with van der Waals surface area (Å²) >= 11 is 0. The molecule has 1 aromatic carbocycles. The Bertz CT molecular complexity index is 279. The Hall–Kier alpha value is -1.02. The molecule has 0 fully saturated rings. The minimum atomic E-state index is 0.935. The standard InChI is InChI=1S/C14H24N2/c1-3-5-7-13-8-10-14(11-9-13)16(15)12-6-4-2/h8-11H,3-7,12,15H2,1-2H3. The summed E-state index contributed by atoms with van der Waals surface area (Å²) in [6.07, 6.45) is 6.02. The topological polar surface area (TPSA) is 29.3 Å². The van der Waals surface area contributed by atoms with E-state index in [0.29, 0.717) is 0 Å². The maximum absolute atomic E-state index is 5.96. The monoisotopic (exact) mass is 220 g/mol. The van der Waals surface area contributed by atoms with Gasteiger partial charge in [0.05, 0.1) is 5.69 Å². The zero-order valence-corrected chi connectivity index (χ0v) is 10.6. The summed E-state index contributed by atoms with van der Waals surface area (Å²) in [5, 5.41) is 1.84. The van der Waals surface area contributed by atoms with Gasteiger partial charge in [-0.2, -0.15) is 0 Å². The van der Waals surface area contributed by atoms with Gasteiger partial charge in [0.15, 0.2) is 0 Å². The van der Waals surface area contributed by atoms with Crippen molar-refractivity contribution in [3.05, 3.63) is 29.8 Å².